The highest BCUT2D eigenvalue weighted by molar-refractivity contribution is 5.71. The van der Waals surface area contributed by atoms with Gasteiger partial charge in [-0.2, -0.15) is 0 Å². The van der Waals surface area contributed by atoms with E-state index in [4.69, 9.17) is 0 Å². The topological polar surface area (TPSA) is 20.2 Å². The van der Waals surface area contributed by atoms with E-state index in [9.17, 15) is 5.11 Å². The third-order valence-corrected chi connectivity index (χ3v) is 3.75. The first-order valence-corrected chi connectivity index (χ1v) is 7.23. The standard InChI is InChI=1S/C19H24O/c1-13(2)14-6-8-15(9-7-14)17-12-16(19(3,4)5)10-11-18(17)20/h6-13,20H,1-5H3. The number of phenolic OH excluding ortho intramolecular Hbond substituents is 1. The molecule has 1 heteroatoms. The maximum absolute atomic E-state index is 10.1. The summed E-state index contributed by atoms with van der Waals surface area (Å²) >= 11 is 0. The van der Waals surface area contributed by atoms with Gasteiger partial charge in [-0.05, 0) is 40.2 Å². The molecule has 106 valence electrons. The van der Waals surface area contributed by atoms with E-state index < -0.39 is 0 Å². The van der Waals surface area contributed by atoms with Gasteiger partial charge in [0, 0.05) is 5.56 Å². The summed E-state index contributed by atoms with van der Waals surface area (Å²) in [5.41, 5.74) is 4.62. The van der Waals surface area contributed by atoms with Gasteiger partial charge in [0.05, 0.1) is 0 Å². The molecule has 0 saturated heterocycles. The maximum atomic E-state index is 10.1. The Balaban J connectivity index is 2.46. The fourth-order valence-electron chi connectivity index (χ4n) is 2.28. The first-order valence-electron chi connectivity index (χ1n) is 7.23. The summed E-state index contributed by atoms with van der Waals surface area (Å²) < 4.78 is 0. The summed E-state index contributed by atoms with van der Waals surface area (Å²) in [7, 11) is 0. The molecule has 0 atom stereocenters. The first-order chi connectivity index (χ1) is 9.29. The van der Waals surface area contributed by atoms with Gasteiger partial charge in [0.15, 0.2) is 0 Å². The summed E-state index contributed by atoms with van der Waals surface area (Å²) in [6.45, 7) is 10.9. The van der Waals surface area contributed by atoms with Crippen LogP contribution in [-0.2, 0) is 5.41 Å². The lowest BCUT2D eigenvalue weighted by Gasteiger charge is -2.20. The zero-order valence-corrected chi connectivity index (χ0v) is 13.1. The third-order valence-electron chi connectivity index (χ3n) is 3.75. The van der Waals surface area contributed by atoms with Crippen LogP contribution in [0.3, 0.4) is 0 Å². The molecule has 0 amide bonds. The Morgan fingerprint density at radius 2 is 1.50 bits per heavy atom. The van der Waals surface area contributed by atoms with Crippen molar-refractivity contribution >= 4 is 0 Å². The van der Waals surface area contributed by atoms with Crippen LogP contribution in [0.5, 0.6) is 5.75 Å². The van der Waals surface area contributed by atoms with Crippen LogP contribution >= 0.6 is 0 Å². The molecule has 0 saturated carbocycles. The molecule has 0 spiro atoms. The van der Waals surface area contributed by atoms with E-state index in [-0.39, 0.29) is 5.41 Å². The Kier molecular flexibility index (Phi) is 3.89. The highest BCUT2D eigenvalue weighted by atomic mass is 16.3. The summed E-state index contributed by atoms with van der Waals surface area (Å²) in [5.74, 6) is 0.869. The summed E-state index contributed by atoms with van der Waals surface area (Å²) in [5, 5.41) is 10.1. The normalized spacial score (nSPS) is 11.9. The van der Waals surface area contributed by atoms with Crippen LogP contribution in [-0.4, -0.2) is 5.11 Å². The predicted octanol–water partition coefficient (Wildman–Crippen LogP) is 5.48. The minimum absolute atomic E-state index is 0.0837. The van der Waals surface area contributed by atoms with Crippen LogP contribution < -0.4 is 0 Å². The quantitative estimate of drug-likeness (QED) is 0.764. The van der Waals surface area contributed by atoms with Crippen molar-refractivity contribution < 1.29 is 5.11 Å². The van der Waals surface area contributed by atoms with Crippen molar-refractivity contribution in [1.82, 2.24) is 0 Å². The number of rotatable bonds is 2. The van der Waals surface area contributed by atoms with E-state index in [1.165, 1.54) is 11.1 Å². The van der Waals surface area contributed by atoms with Crippen LogP contribution in [0, 0.1) is 0 Å². The average Bonchev–Trinajstić information content (AvgIpc) is 2.38. The molecule has 2 rings (SSSR count). The van der Waals surface area contributed by atoms with Gasteiger partial charge in [-0.1, -0.05) is 65.0 Å². The highest BCUT2D eigenvalue weighted by Crippen LogP contribution is 2.34. The molecular weight excluding hydrogens is 244 g/mol. The van der Waals surface area contributed by atoms with Gasteiger partial charge in [-0.15, -0.1) is 0 Å². The van der Waals surface area contributed by atoms with Crippen molar-refractivity contribution in [1.29, 1.82) is 0 Å². The van der Waals surface area contributed by atoms with E-state index in [2.05, 4.69) is 65.0 Å². The number of hydrogen-bond donors (Lipinski definition) is 1. The smallest absolute Gasteiger partial charge is 0.123 e. The van der Waals surface area contributed by atoms with Crippen molar-refractivity contribution in [3.8, 4) is 16.9 Å². The second-order valence-electron chi connectivity index (χ2n) is 6.76. The van der Waals surface area contributed by atoms with Gasteiger partial charge in [0.1, 0.15) is 5.75 Å². The van der Waals surface area contributed by atoms with Crippen LogP contribution in [0.25, 0.3) is 11.1 Å². The van der Waals surface area contributed by atoms with E-state index in [1.807, 2.05) is 6.07 Å². The minimum Gasteiger partial charge on any atom is -0.507 e. The summed E-state index contributed by atoms with van der Waals surface area (Å²) in [4.78, 5) is 0. The fourth-order valence-corrected chi connectivity index (χ4v) is 2.28. The Labute approximate surface area is 122 Å². The van der Waals surface area contributed by atoms with Crippen LogP contribution in [0.15, 0.2) is 42.5 Å². The number of aromatic hydroxyl groups is 1. The lowest BCUT2D eigenvalue weighted by molar-refractivity contribution is 0.476. The molecule has 0 fully saturated rings. The van der Waals surface area contributed by atoms with Gasteiger partial charge in [0.25, 0.3) is 0 Å². The number of phenols is 1. The molecule has 20 heavy (non-hydrogen) atoms. The Bertz CT molecular complexity index is 586. The van der Waals surface area contributed by atoms with Crippen molar-refractivity contribution in [2.45, 2.75) is 46.0 Å². The van der Waals surface area contributed by atoms with Gasteiger partial charge in [-0.3, -0.25) is 0 Å². The second kappa shape index (κ2) is 5.32. The minimum atomic E-state index is 0.0837. The zero-order valence-electron chi connectivity index (χ0n) is 13.1. The van der Waals surface area contributed by atoms with Gasteiger partial charge >= 0.3 is 0 Å². The molecule has 2 aromatic carbocycles. The monoisotopic (exact) mass is 268 g/mol. The largest absolute Gasteiger partial charge is 0.507 e. The Morgan fingerprint density at radius 3 is 2.00 bits per heavy atom. The Morgan fingerprint density at radius 1 is 0.900 bits per heavy atom. The van der Waals surface area contributed by atoms with Gasteiger partial charge in [0.2, 0.25) is 0 Å². The number of hydrogen-bond acceptors (Lipinski definition) is 1. The lowest BCUT2D eigenvalue weighted by atomic mass is 9.85. The van der Waals surface area contributed by atoms with Crippen molar-refractivity contribution in [2.75, 3.05) is 0 Å². The van der Waals surface area contributed by atoms with E-state index >= 15 is 0 Å². The summed E-state index contributed by atoms with van der Waals surface area (Å²) in [6.07, 6.45) is 0. The van der Waals surface area contributed by atoms with Gasteiger partial charge in [-0.25, -0.2) is 0 Å². The zero-order chi connectivity index (χ0) is 14.9. The molecule has 0 radical (unpaired) electrons. The van der Waals surface area contributed by atoms with E-state index in [1.54, 1.807) is 6.07 Å². The molecule has 0 aliphatic rings. The SMILES string of the molecule is CC(C)c1ccc(-c2cc(C(C)(C)C)ccc2O)cc1. The molecule has 1 N–H and O–H groups in total. The summed E-state index contributed by atoms with van der Waals surface area (Å²) in [6, 6.07) is 14.4. The molecule has 0 unspecified atom stereocenters. The molecule has 0 heterocycles. The first kappa shape index (κ1) is 14.6. The number of benzene rings is 2. The molecule has 0 aliphatic heterocycles. The van der Waals surface area contributed by atoms with Crippen molar-refractivity contribution in [3.05, 3.63) is 53.6 Å². The molecular formula is C19H24O. The average molecular weight is 268 g/mol. The molecule has 0 aliphatic carbocycles. The predicted molar refractivity (Wildman–Crippen MR) is 86.3 cm³/mol. The molecule has 2 aromatic rings. The Hall–Kier alpha value is -1.76. The van der Waals surface area contributed by atoms with Crippen LogP contribution in [0.4, 0.5) is 0 Å². The molecule has 0 bridgehead atoms. The van der Waals surface area contributed by atoms with Gasteiger partial charge < -0.3 is 5.11 Å². The molecule has 0 aromatic heterocycles. The van der Waals surface area contributed by atoms with Crippen LogP contribution in [0.2, 0.25) is 0 Å². The van der Waals surface area contributed by atoms with Crippen molar-refractivity contribution in [2.24, 2.45) is 0 Å². The van der Waals surface area contributed by atoms with E-state index in [0.29, 0.717) is 11.7 Å². The van der Waals surface area contributed by atoms with E-state index in [0.717, 1.165) is 11.1 Å². The third kappa shape index (κ3) is 3.04. The fraction of sp³-hybridized carbons (Fsp3) is 0.368. The van der Waals surface area contributed by atoms with Crippen molar-refractivity contribution in [3.63, 3.8) is 0 Å². The molecule has 1 nitrogen and oxygen atoms in total. The van der Waals surface area contributed by atoms with Crippen LogP contribution in [0.1, 0.15) is 51.7 Å². The highest BCUT2D eigenvalue weighted by Gasteiger charge is 2.16. The maximum Gasteiger partial charge on any atom is 0.123 e. The second-order valence-corrected chi connectivity index (χ2v) is 6.76. The lowest BCUT2D eigenvalue weighted by Crippen LogP contribution is -2.10.